The van der Waals surface area contributed by atoms with E-state index in [0.29, 0.717) is 20.6 Å². The number of halogens is 3. The monoisotopic (exact) mass is 349 g/mol. The normalized spacial score (nSPS) is 10.3. The first-order chi connectivity index (χ1) is 8.08. The third-order valence-electron chi connectivity index (χ3n) is 2.00. The molecule has 0 saturated heterocycles. The molecule has 0 aliphatic carbocycles. The molecule has 0 spiro atoms. The van der Waals surface area contributed by atoms with E-state index in [9.17, 15) is 4.79 Å². The Bertz CT molecular complexity index is 570. The number of rotatable bonds is 2. The highest BCUT2D eigenvalue weighted by Crippen LogP contribution is 2.28. The fraction of sp³-hybridized carbons (Fsp3) is 0. The predicted molar refractivity (Wildman–Crippen MR) is 76.4 cm³/mol. The summed E-state index contributed by atoms with van der Waals surface area (Å²) in [6.45, 7) is 0. The zero-order chi connectivity index (χ0) is 12.4. The van der Waals surface area contributed by atoms with Crippen molar-refractivity contribution in [1.29, 1.82) is 0 Å². The molecule has 0 fully saturated rings. The van der Waals surface area contributed by atoms with Crippen molar-refractivity contribution in [3.8, 4) is 0 Å². The predicted octanol–water partition coefficient (Wildman–Crippen LogP) is 5.07. The maximum absolute atomic E-state index is 11.9. The average Bonchev–Trinajstić information content (AvgIpc) is 2.68. The molecule has 2 rings (SSSR count). The van der Waals surface area contributed by atoms with Gasteiger partial charge in [-0.15, -0.1) is 11.3 Å². The zero-order valence-corrected chi connectivity index (χ0v) is 12.3. The lowest BCUT2D eigenvalue weighted by molar-refractivity contribution is 0.103. The summed E-state index contributed by atoms with van der Waals surface area (Å²) in [6.07, 6.45) is 0. The maximum atomic E-state index is 11.9. The minimum atomic E-state index is -0.229. The molecule has 1 N–H and O–H groups in total. The molecule has 1 heterocycles. The highest BCUT2D eigenvalue weighted by atomic mass is 79.9. The van der Waals surface area contributed by atoms with Crippen LogP contribution in [0.15, 0.2) is 34.1 Å². The van der Waals surface area contributed by atoms with Gasteiger partial charge in [-0.25, -0.2) is 0 Å². The lowest BCUT2D eigenvalue weighted by atomic mass is 10.3. The van der Waals surface area contributed by atoms with Crippen molar-refractivity contribution in [2.24, 2.45) is 0 Å². The first-order valence-corrected chi connectivity index (χ1v) is 7.00. The minimum absolute atomic E-state index is 0.229. The van der Waals surface area contributed by atoms with E-state index in [2.05, 4.69) is 21.2 Å². The molecule has 1 aromatic carbocycles. The molecule has 88 valence electrons. The zero-order valence-electron chi connectivity index (χ0n) is 8.34. The largest absolute Gasteiger partial charge is 0.320 e. The van der Waals surface area contributed by atoms with E-state index < -0.39 is 0 Å². The van der Waals surface area contributed by atoms with Gasteiger partial charge in [0.15, 0.2) is 0 Å². The van der Waals surface area contributed by atoms with Crippen LogP contribution in [0.3, 0.4) is 0 Å². The fourth-order valence-electron chi connectivity index (χ4n) is 1.23. The van der Waals surface area contributed by atoms with Gasteiger partial charge in [-0.1, -0.05) is 23.2 Å². The molecule has 0 radical (unpaired) electrons. The maximum Gasteiger partial charge on any atom is 0.267 e. The van der Waals surface area contributed by atoms with Crippen LogP contribution in [0, 0.1) is 0 Å². The second-order valence-corrected chi connectivity index (χ2v) is 5.79. The van der Waals surface area contributed by atoms with Crippen molar-refractivity contribution in [3.63, 3.8) is 0 Å². The standard InChI is InChI=1S/C11H6BrCl2NOS/c12-7-5-6(13)1-2-9(7)15-11(16)10-8(14)3-4-17-10/h1-5H,(H,15,16). The van der Waals surface area contributed by atoms with E-state index in [1.807, 2.05) is 0 Å². The number of anilines is 1. The van der Waals surface area contributed by atoms with Gasteiger partial charge in [0.1, 0.15) is 4.88 Å². The Morgan fingerprint density at radius 3 is 2.65 bits per heavy atom. The highest BCUT2D eigenvalue weighted by Gasteiger charge is 2.13. The van der Waals surface area contributed by atoms with Gasteiger partial charge < -0.3 is 5.32 Å². The Kier molecular flexibility index (Phi) is 4.09. The van der Waals surface area contributed by atoms with Crippen LogP contribution >= 0.6 is 50.5 Å². The first-order valence-electron chi connectivity index (χ1n) is 4.57. The van der Waals surface area contributed by atoms with Gasteiger partial charge >= 0.3 is 0 Å². The molecule has 17 heavy (non-hydrogen) atoms. The SMILES string of the molecule is O=C(Nc1ccc(Cl)cc1Br)c1sccc1Cl. The summed E-state index contributed by atoms with van der Waals surface area (Å²) in [6, 6.07) is 6.84. The molecule has 0 bridgehead atoms. The van der Waals surface area contributed by atoms with E-state index >= 15 is 0 Å². The molecule has 2 aromatic rings. The average molecular weight is 351 g/mol. The number of hydrogen-bond acceptors (Lipinski definition) is 2. The molecule has 0 atom stereocenters. The Labute approximate surface area is 121 Å². The Morgan fingerprint density at radius 2 is 2.06 bits per heavy atom. The number of hydrogen-bond donors (Lipinski definition) is 1. The second-order valence-electron chi connectivity index (χ2n) is 3.18. The van der Waals surface area contributed by atoms with Gasteiger partial charge in [0.05, 0.1) is 10.7 Å². The summed E-state index contributed by atoms with van der Waals surface area (Å²) in [5.41, 5.74) is 0.656. The molecule has 1 aromatic heterocycles. The van der Waals surface area contributed by atoms with E-state index in [1.54, 1.807) is 29.6 Å². The highest BCUT2D eigenvalue weighted by molar-refractivity contribution is 9.10. The third kappa shape index (κ3) is 3.01. The molecular weight excluding hydrogens is 345 g/mol. The van der Waals surface area contributed by atoms with Crippen molar-refractivity contribution in [2.75, 3.05) is 5.32 Å². The van der Waals surface area contributed by atoms with E-state index in [-0.39, 0.29) is 5.91 Å². The summed E-state index contributed by atoms with van der Waals surface area (Å²) in [7, 11) is 0. The van der Waals surface area contributed by atoms with Crippen LogP contribution in [0.4, 0.5) is 5.69 Å². The van der Waals surface area contributed by atoms with Crippen molar-refractivity contribution in [1.82, 2.24) is 0 Å². The van der Waals surface area contributed by atoms with Gasteiger partial charge in [0, 0.05) is 9.50 Å². The molecule has 2 nitrogen and oxygen atoms in total. The topological polar surface area (TPSA) is 29.1 Å². The fourth-order valence-corrected chi connectivity index (χ4v) is 3.04. The van der Waals surface area contributed by atoms with Crippen molar-refractivity contribution in [3.05, 3.63) is 49.0 Å². The Morgan fingerprint density at radius 1 is 1.29 bits per heavy atom. The van der Waals surface area contributed by atoms with Gasteiger partial charge in [-0.2, -0.15) is 0 Å². The minimum Gasteiger partial charge on any atom is -0.320 e. The van der Waals surface area contributed by atoms with Gasteiger partial charge in [-0.3, -0.25) is 4.79 Å². The van der Waals surface area contributed by atoms with Crippen LogP contribution in [-0.4, -0.2) is 5.91 Å². The van der Waals surface area contributed by atoms with Crippen LogP contribution in [-0.2, 0) is 0 Å². The lowest BCUT2D eigenvalue weighted by Crippen LogP contribution is -2.10. The van der Waals surface area contributed by atoms with Crippen molar-refractivity contribution >= 4 is 62.1 Å². The molecule has 6 heteroatoms. The summed E-state index contributed by atoms with van der Waals surface area (Å²) in [4.78, 5) is 12.4. The first kappa shape index (κ1) is 12.9. The van der Waals surface area contributed by atoms with E-state index in [4.69, 9.17) is 23.2 Å². The number of amides is 1. The summed E-state index contributed by atoms with van der Waals surface area (Å²) < 4.78 is 0.728. The lowest BCUT2D eigenvalue weighted by Gasteiger charge is -2.06. The van der Waals surface area contributed by atoms with Crippen LogP contribution in [0.25, 0.3) is 0 Å². The van der Waals surface area contributed by atoms with E-state index in [1.165, 1.54) is 11.3 Å². The Balaban J connectivity index is 2.22. The third-order valence-corrected chi connectivity index (χ3v) is 4.23. The van der Waals surface area contributed by atoms with Crippen LogP contribution in [0.5, 0.6) is 0 Å². The molecule has 1 amide bonds. The van der Waals surface area contributed by atoms with Crippen LogP contribution < -0.4 is 5.32 Å². The number of carbonyl (C=O) groups excluding carboxylic acids is 1. The smallest absolute Gasteiger partial charge is 0.267 e. The number of nitrogens with one attached hydrogen (secondary N) is 1. The number of benzene rings is 1. The van der Waals surface area contributed by atoms with Gasteiger partial charge in [0.2, 0.25) is 0 Å². The van der Waals surface area contributed by atoms with Crippen LogP contribution in [0.1, 0.15) is 9.67 Å². The molecule has 0 aliphatic rings. The number of carbonyl (C=O) groups is 1. The van der Waals surface area contributed by atoms with Gasteiger partial charge in [0.25, 0.3) is 5.91 Å². The summed E-state index contributed by atoms with van der Waals surface area (Å²) in [5, 5.41) is 5.59. The summed E-state index contributed by atoms with van der Waals surface area (Å²) in [5.74, 6) is -0.229. The molecular formula is C11H6BrCl2NOS. The van der Waals surface area contributed by atoms with Crippen molar-refractivity contribution < 1.29 is 4.79 Å². The quantitative estimate of drug-likeness (QED) is 0.804. The molecule has 0 saturated carbocycles. The molecule has 0 unspecified atom stereocenters. The summed E-state index contributed by atoms with van der Waals surface area (Å²) >= 11 is 16.3. The van der Waals surface area contributed by atoms with Crippen molar-refractivity contribution in [2.45, 2.75) is 0 Å². The Hall–Kier alpha value is -0.550. The molecule has 0 aliphatic heterocycles. The van der Waals surface area contributed by atoms with E-state index in [0.717, 1.165) is 4.47 Å². The number of thiophene rings is 1. The van der Waals surface area contributed by atoms with Gasteiger partial charge in [-0.05, 0) is 45.6 Å². The second kappa shape index (κ2) is 5.40. The van der Waals surface area contributed by atoms with Crippen LogP contribution in [0.2, 0.25) is 10.0 Å².